The molecule has 0 spiro atoms. The van der Waals surface area contributed by atoms with Gasteiger partial charge in [-0.1, -0.05) is 24.4 Å². The van der Waals surface area contributed by atoms with E-state index in [1.165, 1.54) is 11.3 Å². The van der Waals surface area contributed by atoms with E-state index in [-0.39, 0.29) is 5.91 Å². The normalized spacial score (nSPS) is 10.2. The van der Waals surface area contributed by atoms with Crippen LogP contribution in [0.5, 0.6) is 0 Å². The molecule has 0 bridgehead atoms. The van der Waals surface area contributed by atoms with E-state index >= 15 is 0 Å². The number of amides is 1. The van der Waals surface area contributed by atoms with Crippen molar-refractivity contribution in [3.05, 3.63) is 50.6 Å². The number of halogens is 1. The number of hydrogen-bond acceptors (Lipinski definition) is 3. The lowest BCUT2D eigenvalue weighted by Crippen LogP contribution is -2.12. The van der Waals surface area contributed by atoms with Crippen molar-refractivity contribution in [1.29, 1.82) is 0 Å². The first-order valence-electron chi connectivity index (χ1n) is 5.48. The molecule has 98 valence electrons. The van der Waals surface area contributed by atoms with Crippen LogP contribution in [0.2, 0.25) is 0 Å². The lowest BCUT2D eigenvalue weighted by molar-refractivity contribution is 0.103. The Hall–Kier alpha value is -1.24. The van der Waals surface area contributed by atoms with Gasteiger partial charge in [0.05, 0.1) is 13.7 Å². The summed E-state index contributed by atoms with van der Waals surface area (Å²) in [6, 6.07) is 11.1. The van der Waals surface area contributed by atoms with Crippen molar-refractivity contribution >= 4 is 56.1 Å². The number of thiophene rings is 1. The number of thiocarbonyl (C=S) groups is 1. The Balaban J connectivity index is 2.03. The number of carbonyl (C=O) groups is 1. The maximum atomic E-state index is 11.9. The lowest BCUT2D eigenvalue weighted by atomic mass is 10.1. The first kappa shape index (κ1) is 14.2. The summed E-state index contributed by atoms with van der Waals surface area (Å²) < 4.78 is 0.935. The maximum absolute atomic E-state index is 11.9. The predicted molar refractivity (Wildman–Crippen MR) is 86.9 cm³/mol. The Kier molecular flexibility index (Phi) is 4.68. The van der Waals surface area contributed by atoms with Crippen LogP contribution in [-0.2, 0) is 6.42 Å². The van der Waals surface area contributed by atoms with Gasteiger partial charge in [-0.15, -0.1) is 11.3 Å². The number of carbonyl (C=O) groups excluding carboxylic acids is 1. The third-order valence-corrected chi connectivity index (χ3v) is 4.15. The third-order valence-electron chi connectivity index (χ3n) is 2.39. The van der Waals surface area contributed by atoms with Gasteiger partial charge in [0.2, 0.25) is 0 Å². The fourth-order valence-corrected chi connectivity index (χ4v) is 2.98. The summed E-state index contributed by atoms with van der Waals surface area (Å²) in [7, 11) is 0. The molecule has 19 heavy (non-hydrogen) atoms. The van der Waals surface area contributed by atoms with E-state index in [9.17, 15) is 4.79 Å². The summed E-state index contributed by atoms with van der Waals surface area (Å²) in [5.74, 6) is -0.113. The highest BCUT2D eigenvalue weighted by molar-refractivity contribution is 9.11. The van der Waals surface area contributed by atoms with Crippen molar-refractivity contribution in [1.82, 2.24) is 0 Å². The Morgan fingerprint density at radius 1 is 1.26 bits per heavy atom. The average Bonchev–Trinajstić information content (AvgIpc) is 2.78. The van der Waals surface area contributed by atoms with E-state index < -0.39 is 0 Å². The second-order valence-electron chi connectivity index (χ2n) is 3.90. The number of hydrogen-bond donors (Lipinski definition) is 2. The van der Waals surface area contributed by atoms with Crippen molar-refractivity contribution in [2.24, 2.45) is 5.73 Å². The molecular weight excluding hydrogens is 344 g/mol. The molecule has 0 aliphatic carbocycles. The van der Waals surface area contributed by atoms with Crippen molar-refractivity contribution in [2.75, 3.05) is 5.32 Å². The van der Waals surface area contributed by atoms with E-state index in [2.05, 4.69) is 21.2 Å². The van der Waals surface area contributed by atoms with Gasteiger partial charge in [0, 0.05) is 12.1 Å². The van der Waals surface area contributed by atoms with Gasteiger partial charge < -0.3 is 11.1 Å². The highest BCUT2D eigenvalue weighted by Gasteiger charge is 2.08. The molecule has 0 fully saturated rings. The summed E-state index contributed by atoms with van der Waals surface area (Å²) >= 11 is 9.58. The van der Waals surface area contributed by atoms with Crippen molar-refractivity contribution < 1.29 is 4.79 Å². The highest BCUT2D eigenvalue weighted by atomic mass is 79.9. The molecule has 0 aliphatic rings. The van der Waals surface area contributed by atoms with Crippen LogP contribution in [0.4, 0.5) is 5.69 Å². The Morgan fingerprint density at radius 3 is 2.47 bits per heavy atom. The fraction of sp³-hybridized carbons (Fsp3) is 0.0769. The largest absolute Gasteiger partial charge is 0.393 e. The lowest BCUT2D eigenvalue weighted by Gasteiger charge is -2.05. The fourth-order valence-electron chi connectivity index (χ4n) is 1.54. The smallest absolute Gasteiger partial charge is 0.265 e. The van der Waals surface area contributed by atoms with E-state index in [1.807, 2.05) is 30.3 Å². The van der Waals surface area contributed by atoms with Gasteiger partial charge in [0.1, 0.15) is 0 Å². The van der Waals surface area contributed by atoms with Crippen molar-refractivity contribution in [2.45, 2.75) is 6.42 Å². The number of rotatable bonds is 4. The van der Waals surface area contributed by atoms with E-state index in [0.717, 1.165) is 15.0 Å². The minimum Gasteiger partial charge on any atom is -0.393 e. The molecule has 0 saturated carbocycles. The van der Waals surface area contributed by atoms with Crippen LogP contribution in [-0.4, -0.2) is 10.9 Å². The van der Waals surface area contributed by atoms with Gasteiger partial charge >= 0.3 is 0 Å². The molecule has 3 N–H and O–H groups in total. The quantitative estimate of drug-likeness (QED) is 0.824. The first-order valence-corrected chi connectivity index (χ1v) is 7.50. The SMILES string of the molecule is NC(=S)Cc1ccc(NC(=O)c2ccc(Br)s2)cc1. The van der Waals surface area contributed by atoms with Crippen LogP contribution in [0.15, 0.2) is 40.2 Å². The first-order chi connectivity index (χ1) is 9.04. The summed E-state index contributed by atoms with van der Waals surface area (Å²) in [5.41, 5.74) is 7.26. The molecule has 0 radical (unpaired) electrons. The topological polar surface area (TPSA) is 55.1 Å². The molecule has 0 aliphatic heterocycles. The van der Waals surface area contributed by atoms with Gasteiger partial charge in [-0.25, -0.2) is 0 Å². The summed E-state index contributed by atoms with van der Waals surface area (Å²) in [4.78, 5) is 13.1. The molecular formula is C13H11BrN2OS2. The van der Waals surface area contributed by atoms with Crippen LogP contribution >= 0.6 is 39.5 Å². The zero-order valence-corrected chi connectivity index (χ0v) is 13.1. The monoisotopic (exact) mass is 354 g/mol. The molecule has 2 aromatic rings. The van der Waals surface area contributed by atoms with Gasteiger partial charge in [-0.05, 0) is 45.8 Å². The van der Waals surface area contributed by atoms with Crippen LogP contribution in [0, 0.1) is 0 Å². The number of nitrogens with two attached hydrogens (primary N) is 1. The number of nitrogens with one attached hydrogen (secondary N) is 1. The Morgan fingerprint density at radius 2 is 1.95 bits per heavy atom. The summed E-state index contributed by atoms with van der Waals surface area (Å²) in [6.07, 6.45) is 0.571. The molecule has 1 aromatic heterocycles. The van der Waals surface area contributed by atoms with E-state index in [4.69, 9.17) is 18.0 Å². The molecule has 2 rings (SSSR count). The molecule has 3 nitrogen and oxygen atoms in total. The van der Waals surface area contributed by atoms with Crippen LogP contribution < -0.4 is 11.1 Å². The summed E-state index contributed by atoms with van der Waals surface area (Å²) in [6.45, 7) is 0. The minimum atomic E-state index is -0.113. The predicted octanol–water partition coefficient (Wildman–Crippen LogP) is 3.59. The molecule has 1 aromatic carbocycles. The second kappa shape index (κ2) is 6.27. The van der Waals surface area contributed by atoms with Crippen LogP contribution in [0.3, 0.4) is 0 Å². The van der Waals surface area contributed by atoms with Gasteiger partial charge in [0.15, 0.2) is 0 Å². The van der Waals surface area contributed by atoms with E-state index in [1.54, 1.807) is 6.07 Å². The zero-order valence-electron chi connectivity index (χ0n) is 9.85. The van der Waals surface area contributed by atoms with Gasteiger partial charge in [-0.2, -0.15) is 0 Å². The standard InChI is InChI=1S/C13H11BrN2OS2/c14-11-6-5-10(19-11)13(17)16-9-3-1-8(2-4-9)7-12(15)18/h1-6H,7H2,(H2,15,18)(H,16,17). The second-order valence-corrected chi connectivity index (χ2v) is 6.89. The molecule has 0 atom stereocenters. The molecule has 1 amide bonds. The van der Waals surface area contributed by atoms with Crippen molar-refractivity contribution in [3.8, 4) is 0 Å². The number of anilines is 1. The molecule has 1 heterocycles. The van der Waals surface area contributed by atoms with Gasteiger partial charge in [0.25, 0.3) is 5.91 Å². The average molecular weight is 355 g/mol. The zero-order chi connectivity index (χ0) is 13.8. The summed E-state index contributed by atoms with van der Waals surface area (Å²) in [5, 5.41) is 2.84. The maximum Gasteiger partial charge on any atom is 0.265 e. The Bertz CT molecular complexity index is 607. The van der Waals surface area contributed by atoms with Gasteiger partial charge in [-0.3, -0.25) is 4.79 Å². The molecule has 0 unspecified atom stereocenters. The minimum absolute atomic E-state index is 0.113. The molecule has 6 heteroatoms. The third kappa shape index (κ3) is 4.12. The van der Waals surface area contributed by atoms with Crippen LogP contribution in [0.25, 0.3) is 0 Å². The van der Waals surface area contributed by atoms with Crippen molar-refractivity contribution in [3.63, 3.8) is 0 Å². The highest BCUT2D eigenvalue weighted by Crippen LogP contribution is 2.23. The van der Waals surface area contributed by atoms with E-state index in [0.29, 0.717) is 16.3 Å². The Labute approximate surface area is 129 Å². The molecule has 0 saturated heterocycles. The number of benzene rings is 1. The van der Waals surface area contributed by atoms with Crippen LogP contribution in [0.1, 0.15) is 15.2 Å².